The number of piperidine rings is 1. The van der Waals surface area contributed by atoms with E-state index in [0.29, 0.717) is 23.1 Å². The van der Waals surface area contributed by atoms with Crippen LogP contribution in [0, 0.1) is 11.3 Å². The predicted molar refractivity (Wildman–Crippen MR) is 138 cm³/mol. The van der Waals surface area contributed by atoms with Gasteiger partial charge in [0.25, 0.3) is 5.56 Å². The number of benzene rings is 3. The highest BCUT2D eigenvalue weighted by molar-refractivity contribution is 5.87. The van der Waals surface area contributed by atoms with E-state index in [1.165, 1.54) is 24.0 Å². The van der Waals surface area contributed by atoms with E-state index in [1.807, 2.05) is 18.2 Å². The van der Waals surface area contributed by atoms with Gasteiger partial charge in [-0.1, -0.05) is 42.5 Å². The number of nitrogens with one attached hydrogen (secondary N) is 1. The van der Waals surface area contributed by atoms with Crippen molar-refractivity contribution in [3.8, 4) is 28.3 Å². The molecule has 0 spiro atoms. The number of likely N-dealkylation sites (tertiary alicyclic amines) is 1. The standard InChI is InChI=1S/C30H27N3O2/c31-17-20-2-1-3-25(14-20)28-16-26-15-24(8-9-29(26)32-30(28)34)22-6-4-21(5-7-22)23-10-12-33(13-11-23)27-18-35-19-27/h1-9,14-16,23,27H,10-13,18-19H2,(H,32,34). The molecule has 1 aromatic heterocycles. The van der Waals surface area contributed by atoms with Crippen molar-refractivity contribution in [1.82, 2.24) is 9.88 Å². The van der Waals surface area contributed by atoms with Crippen LogP contribution in [0.15, 0.2) is 77.6 Å². The van der Waals surface area contributed by atoms with Crippen molar-refractivity contribution in [3.63, 3.8) is 0 Å². The molecule has 2 fully saturated rings. The zero-order valence-corrected chi connectivity index (χ0v) is 19.5. The highest BCUT2D eigenvalue weighted by atomic mass is 16.5. The van der Waals surface area contributed by atoms with Gasteiger partial charge in [0.05, 0.1) is 30.9 Å². The third-order valence-electron chi connectivity index (χ3n) is 7.53. The number of H-pyrrole nitrogens is 1. The lowest BCUT2D eigenvalue weighted by Gasteiger charge is -2.41. The molecule has 3 heterocycles. The summed E-state index contributed by atoms with van der Waals surface area (Å²) in [6.45, 7) is 4.10. The number of fused-ring (bicyclic) bond motifs is 1. The smallest absolute Gasteiger partial charge is 0.256 e. The summed E-state index contributed by atoms with van der Waals surface area (Å²) in [6, 6.07) is 27.0. The van der Waals surface area contributed by atoms with Crippen molar-refractivity contribution in [2.24, 2.45) is 0 Å². The molecule has 0 radical (unpaired) electrons. The SMILES string of the molecule is N#Cc1cccc(-c2cc3cc(-c4ccc(C5CCN(C6COC6)CC5)cc4)ccc3[nH]c2=O)c1. The van der Waals surface area contributed by atoms with Crippen LogP contribution in [0.3, 0.4) is 0 Å². The fourth-order valence-corrected chi connectivity index (χ4v) is 5.34. The first kappa shape index (κ1) is 21.8. The summed E-state index contributed by atoms with van der Waals surface area (Å²) < 4.78 is 5.35. The van der Waals surface area contributed by atoms with Gasteiger partial charge < -0.3 is 9.72 Å². The Labute approximate surface area is 204 Å². The van der Waals surface area contributed by atoms with Gasteiger partial charge in [-0.15, -0.1) is 0 Å². The molecule has 5 heteroatoms. The maximum Gasteiger partial charge on any atom is 0.256 e. The van der Waals surface area contributed by atoms with Gasteiger partial charge in [-0.2, -0.15) is 5.26 Å². The van der Waals surface area contributed by atoms with Gasteiger partial charge in [-0.3, -0.25) is 9.69 Å². The van der Waals surface area contributed by atoms with E-state index in [4.69, 9.17) is 4.74 Å². The summed E-state index contributed by atoms with van der Waals surface area (Å²) >= 11 is 0. The maximum atomic E-state index is 12.7. The Morgan fingerprint density at radius 2 is 1.66 bits per heavy atom. The summed E-state index contributed by atoms with van der Waals surface area (Å²) in [7, 11) is 0. The summed E-state index contributed by atoms with van der Waals surface area (Å²) in [5.74, 6) is 0.620. The topological polar surface area (TPSA) is 69.1 Å². The molecule has 5 nitrogen and oxygen atoms in total. The van der Waals surface area contributed by atoms with Crippen molar-refractivity contribution in [3.05, 3.63) is 94.3 Å². The molecule has 0 aliphatic carbocycles. The molecule has 1 N–H and O–H groups in total. The van der Waals surface area contributed by atoms with E-state index < -0.39 is 0 Å². The third kappa shape index (κ3) is 4.27. The number of aromatic nitrogens is 1. The second kappa shape index (κ2) is 9.14. The fraction of sp³-hybridized carbons (Fsp3) is 0.267. The van der Waals surface area contributed by atoms with E-state index >= 15 is 0 Å². The minimum Gasteiger partial charge on any atom is -0.378 e. The first-order chi connectivity index (χ1) is 17.2. The molecule has 4 aromatic rings. The molecule has 2 saturated heterocycles. The predicted octanol–water partition coefficient (Wildman–Crippen LogP) is 5.31. The van der Waals surface area contributed by atoms with Crippen molar-refractivity contribution in [2.45, 2.75) is 24.8 Å². The van der Waals surface area contributed by atoms with Crippen LogP contribution in [-0.4, -0.2) is 42.2 Å². The second-order valence-corrected chi connectivity index (χ2v) is 9.63. The average Bonchev–Trinajstić information content (AvgIpc) is 2.88. The molecule has 0 amide bonds. The molecular weight excluding hydrogens is 434 g/mol. The molecule has 0 bridgehead atoms. The Balaban J connectivity index is 1.24. The number of nitrogens with zero attached hydrogens (tertiary/aromatic N) is 2. The molecule has 174 valence electrons. The van der Waals surface area contributed by atoms with Gasteiger partial charge in [-0.25, -0.2) is 0 Å². The van der Waals surface area contributed by atoms with Crippen LogP contribution in [0.1, 0.15) is 29.9 Å². The van der Waals surface area contributed by atoms with Crippen molar-refractivity contribution >= 4 is 10.9 Å². The zero-order valence-electron chi connectivity index (χ0n) is 19.5. The Morgan fingerprint density at radius 1 is 0.886 bits per heavy atom. The van der Waals surface area contributed by atoms with Gasteiger partial charge in [-0.05, 0) is 89.8 Å². The third-order valence-corrected chi connectivity index (χ3v) is 7.53. The van der Waals surface area contributed by atoms with Crippen molar-refractivity contribution < 1.29 is 4.74 Å². The van der Waals surface area contributed by atoms with Crippen molar-refractivity contribution in [2.75, 3.05) is 26.3 Å². The van der Waals surface area contributed by atoms with Gasteiger partial charge >= 0.3 is 0 Å². The number of pyridine rings is 1. The Hall–Kier alpha value is -3.72. The monoisotopic (exact) mass is 461 g/mol. The van der Waals surface area contributed by atoms with Crippen LogP contribution in [0.4, 0.5) is 0 Å². The van der Waals surface area contributed by atoms with Crippen LogP contribution in [0.5, 0.6) is 0 Å². The van der Waals surface area contributed by atoms with Crippen molar-refractivity contribution in [1.29, 1.82) is 5.26 Å². The van der Waals surface area contributed by atoms with E-state index in [-0.39, 0.29) is 5.56 Å². The number of hydrogen-bond acceptors (Lipinski definition) is 4. The largest absolute Gasteiger partial charge is 0.378 e. The molecular formula is C30H27N3O2. The quantitative estimate of drug-likeness (QED) is 0.447. The Bertz CT molecular complexity index is 1470. The summed E-state index contributed by atoms with van der Waals surface area (Å²) in [6.07, 6.45) is 2.41. The number of nitriles is 1. The molecule has 35 heavy (non-hydrogen) atoms. The Kier molecular flexibility index (Phi) is 5.69. The van der Waals surface area contributed by atoms with E-state index in [9.17, 15) is 10.1 Å². The summed E-state index contributed by atoms with van der Waals surface area (Å²) in [4.78, 5) is 18.3. The first-order valence-corrected chi connectivity index (χ1v) is 12.3. The minimum absolute atomic E-state index is 0.152. The van der Waals surface area contributed by atoms with Crippen LogP contribution in [0.2, 0.25) is 0 Å². The average molecular weight is 462 g/mol. The second-order valence-electron chi connectivity index (χ2n) is 9.63. The van der Waals surface area contributed by atoms with Crippen LogP contribution in [0.25, 0.3) is 33.2 Å². The summed E-state index contributed by atoms with van der Waals surface area (Å²) in [5.41, 5.74) is 6.22. The molecule has 0 atom stereocenters. The molecule has 6 rings (SSSR count). The summed E-state index contributed by atoms with van der Waals surface area (Å²) in [5, 5.41) is 10.2. The Morgan fingerprint density at radius 3 is 2.37 bits per heavy atom. The normalized spacial score (nSPS) is 17.2. The molecule has 2 aliphatic heterocycles. The zero-order chi connectivity index (χ0) is 23.8. The van der Waals surface area contributed by atoms with Gasteiger partial charge in [0, 0.05) is 11.1 Å². The highest BCUT2D eigenvalue weighted by Crippen LogP contribution is 2.32. The minimum atomic E-state index is -0.152. The molecule has 3 aromatic carbocycles. The molecule has 0 saturated carbocycles. The van der Waals surface area contributed by atoms with Gasteiger partial charge in [0.2, 0.25) is 0 Å². The van der Waals surface area contributed by atoms with E-state index in [2.05, 4.69) is 52.4 Å². The molecule has 0 unspecified atom stereocenters. The number of ether oxygens (including phenoxy) is 1. The maximum absolute atomic E-state index is 12.7. The van der Waals surface area contributed by atoms with E-state index in [0.717, 1.165) is 48.3 Å². The van der Waals surface area contributed by atoms with E-state index in [1.54, 1.807) is 18.2 Å². The number of aromatic amines is 1. The van der Waals surface area contributed by atoms with Crippen LogP contribution < -0.4 is 5.56 Å². The fourth-order valence-electron chi connectivity index (χ4n) is 5.34. The first-order valence-electron chi connectivity index (χ1n) is 12.3. The lowest BCUT2D eigenvalue weighted by molar-refractivity contribution is -0.0712. The number of hydrogen-bond donors (Lipinski definition) is 1. The van der Waals surface area contributed by atoms with Gasteiger partial charge in [0.15, 0.2) is 0 Å². The molecule has 2 aliphatic rings. The number of rotatable bonds is 4. The van der Waals surface area contributed by atoms with Crippen LogP contribution >= 0.6 is 0 Å². The lowest BCUT2D eigenvalue weighted by Crippen LogP contribution is -2.51. The lowest BCUT2D eigenvalue weighted by atomic mass is 9.88. The van der Waals surface area contributed by atoms with Gasteiger partial charge in [0.1, 0.15) is 0 Å². The van der Waals surface area contributed by atoms with Crippen LogP contribution in [-0.2, 0) is 4.74 Å². The highest BCUT2D eigenvalue weighted by Gasteiger charge is 2.30.